The lowest BCUT2D eigenvalue weighted by Crippen LogP contribution is -2.68. The van der Waals surface area contributed by atoms with Crippen LogP contribution < -0.4 is 11.5 Å². The summed E-state index contributed by atoms with van der Waals surface area (Å²) < 4.78 is 22.4. The number of amides is 2. The highest BCUT2D eigenvalue weighted by atomic mass is 16.5. The van der Waals surface area contributed by atoms with Gasteiger partial charge in [-0.2, -0.15) is 0 Å². The Bertz CT molecular complexity index is 420. The third kappa shape index (κ3) is 10.6. The Labute approximate surface area is 180 Å². The number of hydrogen-bond acceptors (Lipinski definition) is 6. The van der Waals surface area contributed by atoms with E-state index in [-0.39, 0.29) is 23.9 Å². The van der Waals surface area contributed by atoms with E-state index in [2.05, 4.69) is 11.5 Å². The van der Waals surface area contributed by atoms with E-state index < -0.39 is 0 Å². The van der Waals surface area contributed by atoms with Gasteiger partial charge in [-0.3, -0.25) is 9.59 Å². The van der Waals surface area contributed by atoms with E-state index in [0.717, 1.165) is 0 Å². The summed E-state index contributed by atoms with van der Waals surface area (Å²) in [6, 6.07) is -0.517. The van der Waals surface area contributed by atoms with Crippen LogP contribution in [0.2, 0.25) is 0 Å². The van der Waals surface area contributed by atoms with Gasteiger partial charge < -0.3 is 40.2 Å². The normalized spacial score (nSPS) is 21.3. The fourth-order valence-corrected chi connectivity index (χ4v) is 2.87. The third-order valence-electron chi connectivity index (χ3n) is 5.07. The molecule has 10 nitrogen and oxygen atoms in total. The lowest BCUT2D eigenvalue weighted by Gasteiger charge is -2.25. The second-order valence-corrected chi connectivity index (χ2v) is 7.31. The van der Waals surface area contributed by atoms with Crippen molar-refractivity contribution in [1.29, 1.82) is 0 Å². The molecule has 10 heteroatoms. The number of ether oxygens (including phenoxy) is 4. The van der Waals surface area contributed by atoms with E-state index in [1.165, 1.54) is 0 Å². The molecule has 176 valence electrons. The van der Waals surface area contributed by atoms with Crippen LogP contribution in [0.25, 0.3) is 0 Å². The predicted molar refractivity (Wildman–Crippen MR) is 110 cm³/mol. The molecule has 0 aromatic rings. The first-order chi connectivity index (χ1) is 14.5. The molecular formula is C20H42N4O6+2. The van der Waals surface area contributed by atoms with Crippen LogP contribution in [-0.2, 0) is 28.5 Å². The number of rotatable bonds is 4. The number of nitrogens with zero attached hydrogens (tertiary/aromatic N) is 2. The van der Waals surface area contributed by atoms with E-state index >= 15 is 0 Å². The number of quaternary nitrogens is 2. The first-order valence-electron chi connectivity index (χ1n) is 11.1. The van der Waals surface area contributed by atoms with Crippen molar-refractivity contribution in [3.05, 3.63) is 0 Å². The highest BCUT2D eigenvalue weighted by molar-refractivity contribution is 5.80. The Morgan fingerprint density at radius 2 is 0.900 bits per heavy atom. The molecule has 0 aliphatic carbocycles. The summed E-state index contributed by atoms with van der Waals surface area (Å²) >= 11 is 0. The van der Waals surface area contributed by atoms with Crippen LogP contribution >= 0.6 is 0 Å². The maximum absolute atomic E-state index is 12.5. The minimum atomic E-state index is -0.259. The van der Waals surface area contributed by atoms with Crippen molar-refractivity contribution >= 4 is 11.8 Å². The van der Waals surface area contributed by atoms with Gasteiger partial charge in [-0.15, -0.1) is 0 Å². The van der Waals surface area contributed by atoms with Gasteiger partial charge in [0.25, 0.3) is 11.8 Å². The minimum Gasteiger partial charge on any atom is -0.377 e. The van der Waals surface area contributed by atoms with E-state index in [4.69, 9.17) is 18.9 Å². The van der Waals surface area contributed by atoms with Crippen LogP contribution in [0.5, 0.6) is 0 Å². The molecule has 1 heterocycles. The van der Waals surface area contributed by atoms with Crippen LogP contribution in [0.15, 0.2) is 0 Å². The van der Waals surface area contributed by atoms with Gasteiger partial charge in [0.05, 0.1) is 52.9 Å². The molecule has 0 spiro atoms. The fourth-order valence-electron chi connectivity index (χ4n) is 2.87. The molecule has 1 aliphatic rings. The van der Waals surface area contributed by atoms with Crippen molar-refractivity contribution in [2.45, 2.75) is 38.8 Å². The summed E-state index contributed by atoms with van der Waals surface area (Å²) in [5.74, 6) is 0.0410. The first-order valence-corrected chi connectivity index (χ1v) is 11.1. The second kappa shape index (κ2) is 16.4. The lowest BCUT2D eigenvalue weighted by atomic mass is 10.2. The van der Waals surface area contributed by atoms with Crippen molar-refractivity contribution in [3.63, 3.8) is 0 Å². The van der Waals surface area contributed by atoms with Crippen LogP contribution in [0.1, 0.15) is 26.7 Å². The van der Waals surface area contributed by atoms with E-state index in [9.17, 15) is 9.59 Å². The van der Waals surface area contributed by atoms with E-state index in [0.29, 0.717) is 91.9 Å². The van der Waals surface area contributed by atoms with Gasteiger partial charge in [0.15, 0.2) is 12.1 Å². The average molecular weight is 435 g/mol. The summed E-state index contributed by atoms with van der Waals surface area (Å²) in [4.78, 5) is 28.4. The number of carbonyl (C=O) groups is 2. The molecule has 1 fully saturated rings. The summed E-state index contributed by atoms with van der Waals surface area (Å²) in [5, 5.41) is 0. The first kappa shape index (κ1) is 26.7. The van der Waals surface area contributed by atoms with Crippen molar-refractivity contribution in [3.8, 4) is 0 Å². The van der Waals surface area contributed by atoms with Crippen LogP contribution in [0, 0.1) is 0 Å². The lowest BCUT2D eigenvalue weighted by molar-refractivity contribution is -0.406. The molecule has 6 N–H and O–H groups in total. The molecular weight excluding hydrogens is 392 g/mol. The van der Waals surface area contributed by atoms with Crippen molar-refractivity contribution < 1.29 is 40.0 Å². The number of hydrogen-bond donors (Lipinski definition) is 2. The maximum atomic E-state index is 12.5. The molecule has 0 aromatic heterocycles. The predicted octanol–water partition coefficient (Wildman–Crippen LogP) is -2.24. The van der Waals surface area contributed by atoms with Crippen molar-refractivity contribution in [2.75, 3.05) is 79.0 Å². The zero-order chi connectivity index (χ0) is 22.2. The zero-order valence-corrected chi connectivity index (χ0v) is 18.8. The van der Waals surface area contributed by atoms with Crippen molar-refractivity contribution in [2.24, 2.45) is 0 Å². The monoisotopic (exact) mass is 434 g/mol. The van der Waals surface area contributed by atoms with Crippen LogP contribution in [-0.4, -0.2) is 113 Å². The smallest absolute Gasteiger partial charge is 0.280 e. The second-order valence-electron chi connectivity index (χ2n) is 7.31. The topological polar surface area (TPSA) is 133 Å². The molecule has 1 saturated heterocycles. The number of carbonyl (C=O) groups excluding carboxylic acids is 2. The minimum absolute atomic E-state index is 0.0205. The van der Waals surface area contributed by atoms with Crippen LogP contribution in [0.4, 0.5) is 0 Å². The molecule has 2 atom stereocenters. The Kier molecular flexibility index (Phi) is 14.6. The summed E-state index contributed by atoms with van der Waals surface area (Å²) in [6.07, 6.45) is 1.40. The highest BCUT2D eigenvalue weighted by Gasteiger charge is 2.23. The molecule has 0 unspecified atom stereocenters. The summed E-state index contributed by atoms with van der Waals surface area (Å²) in [5.41, 5.74) is 7.84. The molecule has 1 aliphatic heterocycles. The average Bonchev–Trinajstić information content (AvgIpc) is 2.76. The third-order valence-corrected chi connectivity index (χ3v) is 5.07. The zero-order valence-electron chi connectivity index (χ0n) is 18.8. The SMILES string of the molecule is CC[C@@H]([NH3+])C(=O)N1CCOCCOCCN(C(=O)[C@H]([NH3+])CC)CCOCCOCC1. The van der Waals surface area contributed by atoms with Crippen molar-refractivity contribution in [1.82, 2.24) is 9.80 Å². The Hall–Kier alpha value is -1.30. The Morgan fingerprint density at radius 3 is 1.13 bits per heavy atom. The van der Waals surface area contributed by atoms with Gasteiger partial charge in [-0.1, -0.05) is 13.8 Å². The Morgan fingerprint density at radius 1 is 0.633 bits per heavy atom. The van der Waals surface area contributed by atoms with E-state index in [1.807, 2.05) is 13.8 Å². The molecule has 30 heavy (non-hydrogen) atoms. The highest BCUT2D eigenvalue weighted by Crippen LogP contribution is 1.99. The summed E-state index contributed by atoms with van der Waals surface area (Å²) in [7, 11) is 0. The standard InChI is InChI=1S/C20H40N4O6/c1-3-17(21)19(25)23-5-9-27-13-15-29-11-7-24(20(26)18(22)4-2)8-12-30-16-14-28-10-6-23/h17-18H,3-16,21-22H2,1-2H3/p+2/t17-,18-/m1/s1. The molecule has 0 aromatic carbocycles. The maximum Gasteiger partial charge on any atom is 0.280 e. The molecule has 0 radical (unpaired) electrons. The van der Waals surface area contributed by atoms with Gasteiger partial charge in [-0.05, 0) is 0 Å². The van der Waals surface area contributed by atoms with Gasteiger partial charge in [0.2, 0.25) is 0 Å². The van der Waals surface area contributed by atoms with Gasteiger partial charge in [-0.25, -0.2) is 0 Å². The van der Waals surface area contributed by atoms with Gasteiger partial charge >= 0.3 is 0 Å². The van der Waals surface area contributed by atoms with E-state index in [1.54, 1.807) is 9.80 Å². The molecule has 0 saturated carbocycles. The van der Waals surface area contributed by atoms with Crippen LogP contribution in [0.3, 0.4) is 0 Å². The molecule has 0 bridgehead atoms. The Balaban J connectivity index is 2.53. The van der Waals surface area contributed by atoms with Gasteiger partial charge in [0, 0.05) is 39.0 Å². The summed E-state index contributed by atoms with van der Waals surface area (Å²) in [6.45, 7) is 9.34. The fraction of sp³-hybridized carbons (Fsp3) is 0.900. The largest absolute Gasteiger partial charge is 0.377 e. The molecule has 1 rings (SSSR count). The molecule has 2 amide bonds. The quantitative estimate of drug-likeness (QED) is 0.514. The van der Waals surface area contributed by atoms with Gasteiger partial charge in [0.1, 0.15) is 0 Å².